The Bertz CT molecular complexity index is 1550. The van der Waals surface area contributed by atoms with Gasteiger partial charge in [-0.15, -0.1) is 0 Å². The number of nitrogens with one attached hydrogen (secondary N) is 1. The van der Waals surface area contributed by atoms with Crippen molar-refractivity contribution in [1.29, 1.82) is 0 Å². The molecule has 12 heteroatoms. The largest absolute Gasteiger partial charge is 0.493 e. The SMILES string of the molecule is CC[C@H](C)NC(=O)[C@H](CC)N(Cc1c(Cl)cccc1Cl)C(=O)CN(c1ccc(C)cc1)S(=O)(=O)c1ccc(OC)c(OC)c1. The van der Waals surface area contributed by atoms with E-state index in [-0.39, 0.29) is 41.2 Å². The second kappa shape index (κ2) is 15.5. The molecule has 1 N–H and O–H groups in total. The number of anilines is 1. The van der Waals surface area contributed by atoms with Crippen molar-refractivity contribution in [3.8, 4) is 11.5 Å². The zero-order valence-electron chi connectivity index (χ0n) is 25.8. The number of hydrogen-bond donors (Lipinski definition) is 1. The van der Waals surface area contributed by atoms with Crippen molar-refractivity contribution >= 4 is 50.7 Å². The molecule has 0 aliphatic rings. The number of benzene rings is 3. The number of rotatable bonds is 14. The average Bonchev–Trinajstić information content (AvgIpc) is 3.00. The topological polar surface area (TPSA) is 105 Å². The lowest BCUT2D eigenvalue weighted by Crippen LogP contribution is -2.53. The van der Waals surface area contributed by atoms with Crippen molar-refractivity contribution in [3.63, 3.8) is 0 Å². The van der Waals surface area contributed by atoms with Gasteiger partial charge in [-0.25, -0.2) is 8.42 Å². The second-order valence-electron chi connectivity index (χ2n) is 10.3. The summed E-state index contributed by atoms with van der Waals surface area (Å²) in [6, 6.07) is 14.9. The smallest absolute Gasteiger partial charge is 0.264 e. The zero-order chi connectivity index (χ0) is 32.6. The van der Waals surface area contributed by atoms with Gasteiger partial charge >= 0.3 is 0 Å². The molecule has 0 unspecified atom stereocenters. The normalized spacial score (nSPS) is 12.6. The first-order valence-corrected chi connectivity index (χ1v) is 16.4. The molecule has 0 aliphatic heterocycles. The summed E-state index contributed by atoms with van der Waals surface area (Å²) in [4.78, 5) is 29.0. The Morgan fingerprint density at radius 1 is 0.909 bits per heavy atom. The van der Waals surface area contributed by atoms with Crippen LogP contribution in [-0.2, 0) is 26.2 Å². The maximum absolute atomic E-state index is 14.3. The van der Waals surface area contributed by atoms with Crippen LogP contribution in [0.5, 0.6) is 11.5 Å². The van der Waals surface area contributed by atoms with Crippen LogP contribution in [0, 0.1) is 6.92 Å². The Morgan fingerprint density at radius 3 is 2.07 bits per heavy atom. The van der Waals surface area contributed by atoms with Crippen LogP contribution in [0.4, 0.5) is 5.69 Å². The highest BCUT2D eigenvalue weighted by molar-refractivity contribution is 7.92. The molecule has 0 aromatic heterocycles. The molecule has 9 nitrogen and oxygen atoms in total. The van der Waals surface area contributed by atoms with E-state index in [1.165, 1.54) is 37.3 Å². The minimum Gasteiger partial charge on any atom is -0.493 e. The van der Waals surface area contributed by atoms with Gasteiger partial charge in [-0.05, 0) is 63.1 Å². The summed E-state index contributed by atoms with van der Waals surface area (Å²) in [6.45, 7) is 6.76. The van der Waals surface area contributed by atoms with E-state index in [0.29, 0.717) is 27.8 Å². The zero-order valence-corrected chi connectivity index (χ0v) is 28.1. The van der Waals surface area contributed by atoms with E-state index < -0.39 is 28.5 Å². The van der Waals surface area contributed by atoms with Crippen LogP contribution in [0.25, 0.3) is 0 Å². The van der Waals surface area contributed by atoms with E-state index in [1.807, 2.05) is 20.8 Å². The van der Waals surface area contributed by atoms with Gasteiger partial charge in [-0.3, -0.25) is 13.9 Å². The molecule has 0 saturated heterocycles. The van der Waals surface area contributed by atoms with E-state index in [2.05, 4.69) is 5.32 Å². The number of hydrogen-bond acceptors (Lipinski definition) is 6. The summed E-state index contributed by atoms with van der Waals surface area (Å²) in [5.41, 5.74) is 1.63. The molecule has 0 spiro atoms. The molecular formula is C32H39Cl2N3O6S. The summed E-state index contributed by atoms with van der Waals surface area (Å²) in [7, 11) is -1.47. The van der Waals surface area contributed by atoms with E-state index in [1.54, 1.807) is 49.4 Å². The first-order valence-electron chi connectivity index (χ1n) is 14.2. The van der Waals surface area contributed by atoms with Crippen LogP contribution in [0.2, 0.25) is 10.0 Å². The predicted molar refractivity (Wildman–Crippen MR) is 174 cm³/mol. The Balaban J connectivity index is 2.13. The standard InChI is InChI=1S/C32H39Cl2N3O6S/c1-7-22(4)35-32(39)28(8-2)36(19-25-26(33)10-9-11-27(25)34)31(38)20-37(23-14-12-21(3)13-15-23)44(40,41)24-16-17-29(42-5)30(18-24)43-6/h9-18,22,28H,7-8,19-20H2,1-6H3,(H,35,39)/t22-,28-/m0/s1. The molecule has 0 bridgehead atoms. The van der Waals surface area contributed by atoms with Gasteiger partial charge < -0.3 is 19.7 Å². The molecule has 0 fully saturated rings. The van der Waals surface area contributed by atoms with Crippen molar-refractivity contribution < 1.29 is 27.5 Å². The van der Waals surface area contributed by atoms with Crippen LogP contribution >= 0.6 is 23.2 Å². The lowest BCUT2D eigenvalue weighted by molar-refractivity contribution is -0.140. The van der Waals surface area contributed by atoms with Gasteiger partial charge in [0.25, 0.3) is 10.0 Å². The predicted octanol–water partition coefficient (Wildman–Crippen LogP) is 6.24. The summed E-state index contributed by atoms with van der Waals surface area (Å²) < 4.78 is 40.1. The number of methoxy groups -OCH3 is 2. The summed E-state index contributed by atoms with van der Waals surface area (Å²) in [5, 5.41) is 3.59. The van der Waals surface area contributed by atoms with Crippen molar-refractivity contribution in [3.05, 3.63) is 81.8 Å². The van der Waals surface area contributed by atoms with E-state index >= 15 is 0 Å². The number of aryl methyl sites for hydroxylation is 1. The molecule has 0 saturated carbocycles. The number of sulfonamides is 1. The lowest BCUT2D eigenvalue weighted by atomic mass is 10.1. The third kappa shape index (κ3) is 8.16. The van der Waals surface area contributed by atoms with Crippen molar-refractivity contribution in [2.75, 3.05) is 25.1 Å². The van der Waals surface area contributed by atoms with Crippen LogP contribution < -0.4 is 19.1 Å². The average molecular weight is 665 g/mol. The van der Waals surface area contributed by atoms with Gasteiger partial charge in [-0.2, -0.15) is 0 Å². The summed E-state index contributed by atoms with van der Waals surface area (Å²) in [5.74, 6) is -0.406. The van der Waals surface area contributed by atoms with Gasteiger partial charge in [0.1, 0.15) is 12.6 Å². The maximum Gasteiger partial charge on any atom is 0.264 e. The Labute approximate surface area is 270 Å². The van der Waals surface area contributed by atoms with E-state index in [4.69, 9.17) is 32.7 Å². The number of halogens is 2. The minimum atomic E-state index is -4.32. The molecule has 238 valence electrons. The van der Waals surface area contributed by atoms with Crippen molar-refractivity contribution in [2.45, 2.75) is 64.1 Å². The molecule has 2 amide bonds. The van der Waals surface area contributed by atoms with Crippen LogP contribution in [0.15, 0.2) is 65.6 Å². The van der Waals surface area contributed by atoms with Crippen LogP contribution in [0.1, 0.15) is 44.7 Å². The van der Waals surface area contributed by atoms with E-state index in [0.717, 1.165) is 9.87 Å². The molecular weight excluding hydrogens is 625 g/mol. The number of carbonyl (C=O) groups is 2. The Morgan fingerprint density at radius 2 is 1.52 bits per heavy atom. The van der Waals surface area contributed by atoms with Gasteiger partial charge in [0.05, 0.1) is 24.8 Å². The van der Waals surface area contributed by atoms with Gasteiger partial charge in [0.2, 0.25) is 11.8 Å². The number of amides is 2. The first kappa shape index (κ1) is 35.0. The van der Waals surface area contributed by atoms with Crippen LogP contribution in [0.3, 0.4) is 0 Å². The maximum atomic E-state index is 14.3. The lowest BCUT2D eigenvalue weighted by Gasteiger charge is -2.34. The monoisotopic (exact) mass is 663 g/mol. The van der Waals surface area contributed by atoms with Gasteiger partial charge in [-0.1, -0.05) is 60.8 Å². The third-order valence-electron chi connectivity index (χ3n) is 7.32. The molecule has 0 radical (unpaired) electrons. The van der Waals surface area contributed by atoms with Crippen molar-refractivity contribution in [2.24, 2.45) is 0 Å². The highest BCUT2D eigenvalue weighted by atomic mass is 35.5. The van der Waals surface area contributed by atoms with Gasteiger partial charge in [0, 0.05) is 34.3 Å². The molecule has 3 aromatic rings. The summed E-state index contributed by atoms with van der Waals surface area (Å²) >= 11 is 13.0. The number of ether oxygens (including phenoxy) is 2. The third-order valence-corrected chi connectivity index (χ3v) is 9.80. The fourth-order valence-electron chi connectivity index (χ4n) is 4.56. The number of carbonyl (C=O) groups excluding carboxylic acids is 2. The molecule has 0 aliphatic carbocycles. The molecule has 3 rings (SSSR count). The fraction of sp³-hybridized carbons (Fsp3) is 0.375. The fourth-order valence-corrected chi connectivity index (χ4v) is 6.51. The quantitative estimate of drug-likeness (QED) is 0.219. The highest BCUT2D eigenvalue weighted by Gasteiger charge is 2.35. The molecule has 2 atom stereocenters. The highest BCUT2D eigenvalue weighted by Crippen LogP contribution is 2.33. The van der Waals surface area contributed by atoms with Crippen LogP contribution in [-0.4, -0.2) is 58.0 Å². The molecule has 3 aromatic carbocycles. The molecule has 44 heavy (non-hydrogen) atoms. The van der Waals surface area contributed by atoms with Gasteiger partial charge in [0.15, 0.2) is 11.5 Å². The Kier molecular flexibility index (Phi) is 12.3. The summed E-state index contributed by atoms with van der Waals surface area (Å²) in [6.07, 6.45) is 0.959. The minimum absolute atomic E-state index is 0.106. The van der Waals surface area contributed by atoms with E-state index in [9.17, 15) is 18.0 Å². The first-order chi connectivity index (χ1) is 20.9. The second-order valence-corrected chi connectivity index (χ2v) is 13.0. The number of nitrogens with zero attached hydrogens (tertiary/aromatic N) is 2. The van der Waals surface area contributed by atoms with Crippen molar-refractivity contribution in [1.82, 2.24) is 10.2 Å². The molecule has 0 heterocycles. The Hall–Kier alpha value is -3.47.